The Bertz CT molecular complexity index is 856. The van der Waals surface area contributed by atoms with Crippen LogP contribution in [0.4, 0.5) is 0 Å². The van der Waals surface area contributed by atoms with Gasteiger partial charge in [-0.1, -0.05) is 53.2 Å². The fourth-order valence-corrected chi connectivity index (χ4v) is 2.96. The molecule has 2 aromatic rings. The van der Waals surface area contributed by atoms with Crippen LogP contribution in [0.15, 0.2) is 52.7 Å². The topological polar surface area (TPSA) is 63.0 Å². The van der Waals surface area contributed by atoms with Gasteiger partial charge >= 0.3 is 0 Å². The predicted octanol–water partition coefficient (Wildman–Crippen LogP) is 4.13. The summed E-state index contributed by atoms with van der Waals surface area (Å²) >= 11 is 13.2. The van der Waals surface area contributed by atoms with Gasteiger partial charge in [0.15, 0.2) is 5.17 Å². The third-order valence-electron chi connectivity index (χ3n) is 3.19. The fourth-order valence-electron chi connectivity index (χ4n) is 2.01. The van der Waals surface area contributed by atoms with Gasteiger partial charge in [0.1, 0.15) is 12.4 Å². The van der Waals surface area contributed by atoms with Gasteiger partial charge in [0, 0.05) is 0 Å². The highest BCUT2D eigenvalue weighted by Crippen LogP contribution is 2.23. The van der Waals surface area contributed by atoms with Gasteiger partial charge in [-0.25, -0.2) is 0 Å². The molecule has 0 atom stereocenters. The molecule has 1 N–H and O–H groups in total. The molecule has 1 saturated heterocycles. The van der Waals surface area contributed by atoms with Crippen molar-refractivity contribution in [1.29, 1.82) is 0 Å². The van der Waals surface area contributed by atoms with Crippen LogP contribution in [0.2, 0.25) is 10.0 Å². The minimum Gasteiger partial charge on any atom is -0.489 e. The average Bonchev–Trinajstić information content (AvgIpc) is 3.02. The van der Waals surface area contributed by atoms with Crippen molar-refractivity contribution in [3.05, 3.63) is 63.6 Å². The van der Waals surface area contributed by atoms with E-state index in [2.05, 4.69) is 15.5 Å². The lowest BCUT2D eigenvalue weighted by molar-refractivity contribution is -0.116. The molecule has 8 heteroatoms. The van der Waals surface area contributed by atoms with E-state index in [9.17, 15) is 4.79 Å². The molecule has 25 heavy (non-hydrogen) atoms. The number of nitrogens with zero attached hydrogens (tertiary/aromatic N) is 2. The first kappa shape index (κ1) is 17.8. The van der Waals surface area contributed by atoms with Crippen molar-refractivity contribution in [3.63, 3.8) is 0 Å². The van der Waals surface area contributed by atoms with Gasteiger partial charge in [-0.2, -0.15) is 5.10 Å². The maximum atomic E-state index is 11.1. The summed E-state index contributed by atoms with van der Waals surface area (Å²) in [5, 5.41) is 12.1. The van der Waals surface area contributed by atoms with Gasteiger partial charge in [0.25, 0.3) is 0 Å². The van der Waals surface area contributed by atoms with Crippen LogP contribution >= 0.6 is 35.0 Å². The number of ether oxygens (including phenoxy) is 1. The van der Waals surface area contributed by atoms with Crippen LogP contribution in [0.1, 0.15) is 11.1 Å². The Morgan fingerprint density at radius 1 is 1.20 bits per heavy atom. The molecular weight excluding hydrogens is 381 g/mol. The summed E-state index contributed by atoms with van der Waals surface area (Å²) in [6.07, 6.45) is 1.60. The van der Waals surface area contributed by atoms with E-state index < -0.39 is 0 Å². The number of amidine groups is 1. The van der Waals surface area contributed by atoms with Crippen LogP contribution in [0, 0.1) is 0 Å². The number of benzene rings is 2. The Balaban J connectivity index is 1.61. The van der Waals surface area contributed by atoms with E-state index in [1.54, 1.807) is 18.3 Å². The molecule has 0 spiro atoms. The van der Waals surface area contributed by atoms with Crippen LogP contribution in [0.3, 0.4) is 0 Å². The van der Waals surface area contributed by atoms with Crippen LogP contribution in [-0.2, 0) is 11.4 Å². The quantitative estimate of drug-likeness (QED) is 0.613. The van der Waals surface area contributed by atoms with Crippen LogP contribution < -0.4 is 10.1 Å². The standard InChI is InChI=1S/C17H13Cl2N3O2S/c18-14-5-4-12(7-15(14)19)9-24-13-3-1-2-11(6-13)8-20-22-17-21-16(23)10-25-17/h1-8H,9-10H2,(H,21,22,23)/b20-8-. The molecule has 1 aliphatic rings. The highest BCUT2D eigenvalue weighted by Gasteiger charge is 2.15. The zero-order chi connectivity index (χ0) is 17.6. The summed E-state index contributed by atoms with van der Waals surface area (Å²) < 4.78 is 5.76. The number of nitrogens with one attached hydrogen (secondary N) is 1. The number of thioether (sulfide) groups is 1. The number of amides is 1. The van der Waals surface area contributed by atoms with Crippen molar-refractivity contribution in [2.75, 3.05) is 5.75 Å². The first-order valence-corrected chi connectivity index (χ1v) is 9.05. The lowest BCUT2D eigenvalue weighted by atomic mass is 10.2. The van der Waals surface area contributed by atoms with Crippen molar-refractivity contribution >= 4 is 52.3 Å². The minimum absolute atomic E-state index is 0.0587. The summed E-state index contributed by atoms with van der Waals surface area (Å²) in [5.41, 5.74) is 1.76. The number of carbonyl (C=O) groups excluding carboxylic acids is 1. The molecule has 5 nitrogen and oxygen atoms in total. The van der Waals surface area contributed by atoms with E-state index in [4.69, 9.17) is 27.9 Å². The summed E-state index contributed by atoms with van der Waals surface area (Å²) in [4.78, 5) is 11.1. The van der Waals surface area contributed by atoms with E-state index in [0.29, 0.717) is 33.3 Å². The monoisotopic (exact) mass is 393 g/mol. The molecule has 0 bridgehead atoms. The van der Waals surface area contributed by atoms with E-state index >= 15 is 0 Å². The molecule has 1 amide bonds. The number of carbonyl (C=O) groups is 1. The number of rotatable bonds is 5. The summed E-state index contributed by atoms with van der Waals surface area (Å²) in [5.74, 6) is 1.02. The Morgan fingerprint density at radius 3 is 2.84 bits per heavy atom. The van der Waals surface area contributed by atoms with Crippen molar-refractivity contribution < 1.29 is 9.53 Å². The molecule has 3 rings (SSSR count). The van der Waals surface area contributed by atoms with Crippen molar-refractivity contribution in [2.45, 2.75) is 6.61 Å². The van der Waals surface area contributed by atoms with Crippen molar-refractivity contribution in [3.8, 4) is 5.75 Å². The SMILES string of the molecule is O=C1CS/C(=N/N=C\c2cccc(OCc3ccc(Cl)c(Cl)c3)c2)N1. The Kier molecular flexibility index (Phi) is 5.96. The van der Waals surface area contributed by atoms with Gasteiger partial charge in [0.05, 0.1) is 22.0 Å². The van der Waals surface area contributed by atoms with E-state index in [-0.39, 0.29) is 5.91 Å². The van der Waals surface area contributed by atoms with Gasteiger partial charge in [-0.15, -0.1) is 5.10 Å². The van der Waals surface area contributed by atoms with Gasteiger partial charge in [-0.3, -0.25) is 4.79 Å². The normalized spacial score (nSPS) is 15.8. The highest BCUT2D eigenvalue weighted by molar-refractivity contribution is 8.15. The number of hydrogen-bond acceptors (Lipinski definition) is 5. The van der Waals surface area contributed by atoms with Crippen molar-refractivity contribution in [2.24, 2.45) is 10.2 Å². The summed E-state index contributed by atoms with van der Waals surface area (Å²) in [6, 6.07) is 12.8. The second-order valence-electron chi connectivity index (χ2n) is 5.10. The highest BCUT2D eigenvalue weighted by atomic mass is 35.5. The third kappa shape index (κ3) is 5.22. The van der Waals surface area contributed by atoms with Gasteiger partial charge in [-0.05, 0) is 35.4 Å². The Morgan fingerprint density at radius 2 is 2.08 bits per heavy atom. The zero-order valence-electron chi connectivity index (χ0n) is 12.9. The first-order chi connectivity index (χ1) is 12.1. The minimum atomic E-state index is -0.0587. The summed E-state index contributed by atoms with van der Waals surface area (Å²) in [6.45, 7) is 0.377. The third-order valence-corrected chi connectivity index (χ3v) is 4.79. The van der Waals surface area contributed by atoms with Crippen LogP contribution in [0.25, 0.3) is 0 Å². The van der Waals surface area contributed by atoms with E-state index in [0.717, 1.165) is 11.1 Å². The van der Waals surface area contributed by atoms with Crippen LogP contribution in [-0.4, -0.2) is 23.0 Å². The largest absolute Gasteiger partial charge is 0.489 e. The lowest BCUT2D eigenvalue weighted by Crippen LogP contribution is -2.19. The first-order valence-electron chi connectivity index (χ1n) is 7.30. The number of halogens is 2. The molecule has 1 heterocycles. The summed E-state index contributed by atoms with van der Waals surface area (Å²) in [7, 11) is 0. The molecule has 128 valence electrons. The second kappa shape index (κ2) is 8.38. The van der Waals surface area contributed by atoms with Gasteiger partial charge < -0.3 is 10.1 Å². The Hall–Kier alpha value is -2.02. The molecule has 0 aliphatic carbocycles. The van der Waals surface area contributed by atoms with Crippen molar-refractivity contribution in [1.82, 2.24) is 5.32 Å². The average molecular weight is 394 g/mol. The van der Waals surface area contributed by atoms with E-state index in [1.807, 2.05) is 30.3 Å². The molecular formula is C17H13Cl2N3O2S. The Labute approximate surface area is 159 Å². The predicted molar refractivity (Wildman–Crippen MR) is 103 cm³/mol. The van der Waals surface area contributed by atoms with E-state index in [1.165, 1.54) is 11.8 Å². The molecule has 1 fully saturated rings. The maximum Gasteiger partial charge on any atom is 0.236 e. The molecule has 0 unspecified atom stereocenters. The molecule has 0 saturated carbocycles. The molecule has 0 aromatic heterocycles. The number of hydrogen-bond donors (Lipinski definition) is 1. The zero-order valence-corrected chi connectivity index (χ0v) is 15.2. The molecule has 2 aromatic carbocycles. The molecule has 1 aliphatic heterocycles. The molecule has 0 radical (unpaired) electrons. The lowest BCUT2D eigenvalue weighted by Gasteiger charge is -2.07. The van der Waals surface area contributed by atoms with Gasteiger partial charge in [0.2, 0.25) is 5.91 Å². The smallest absolute Gasteiger partial charge is 0.236 e. The fraction of sp³-hybridized carbons (Fsp3) is 0.118. The second-order valence-corrected chi connectivity index (χ2v) is 6.87. The maximum absolute atomic E-state index is 11.1. The van der Waals surface area contributed by atoms with Crippen LogP contribution in [0.5, 0.6) is 5.75 Å².